The Kier molecular flexibility index (Phi) is 5.68. The number of hydrogen-bond acceptors (Lipinski definition) is 4. The molecule has 0 saturated carbocycles. The number of halogens is 1. The highest BCUT2D eigenvalue weighted by Crippen LogP contribution is 2.31. The molecule has 0 radical (unpaired) electrons. The first-order chi connectivity index (χ1) is 11.9. The Labute approximate surface area is 154 Å². The molecule has 2 aliphatic heterocycles. The van der Waals surface area contributed by atoms with Crippen LogP contribution in [0.1, 0.15) is 38.9 Å². The van der Waals surface area contributed by atoms with E-state index >= 15 is 0 Å². The molecule has 25 heavy (non-hydrogen) atoms. The van der Waals surface area contributed by atoms with Gasteiger partial charge in [0.2, 0.25) is 0 Å². The predicted octanol–water partition coefficient (Wildman–Crippen LogP) is 2.79. The maximum atomic E-state index is 12.4. The smallest absolute Gasteiger partial charge is 0.251 e. The Morgan fingerprint density at radius 1 is 1.36 bits per heavy atom. The first kappa shape index (κ1) is 18.6. The van der Waals surface area contributed by atoms with Crippen LogP contribution in [0.25, 0.3) is 0 Å². The predicted molar refractivity (Wildman–Crippen MR) is 97.8 cm³/mol. The van der Waals surface area contributed by atoms with Crippen molar-refractivity contribution in [3.8, 4) is 0 Å². The minimum absolute atomic E-state index is 0.0469. The fourth-order valence-electron chi connectivity index (χ4n) is 3.64. The molecule has 138 valence electrons. The van der Waals surface area contributed by atoms with E-state index in [2.05, 4.69) is 10.2 Å². The van der Waals surface area contributed by atoms with Gasteiger partial charge in [0.05, 0.1) is 12.7 Å². The van der Waals surface area contributed by atoms with Crippen molar-refractivity contribution in [2.75, 3.05) is 26.3 Å². The largest absolute Gasteiger partial charge is 0.371 e. The van der Waals surface area contributed by atoms with Gasteiger partial charge >= 0.3 is 0 Å². The highest BCUT2D eigenvalue weighted by molar-refractivity contribution is 6.30. The Morgan fingerprint density at radius 2 is 2.08 bits per heavy atom. The molecule has 2 aliphatic rings. The van der Waals surface area contributed by atoms with E-state index < -0.39 is 5.60 Å². The molecule has 0 spiro atoms. The summed E-state index contributed by atoms with van der Waals surface area (Å²) in [4.78, 5) is 14.9. The van der Waals surface area contributed by atoms with Crippen LogP contribution in [0.5, 0.6) is 0 Å². The van der Waals surface area contributed by atoms with E-state index in [9.17, 15) is 4.79 Å². The van der Waals surface area contributed by atoms with Crippen molar-refractivity contribution in [3.05, 3.63) is 34.9 Å². The zero-order valence-corrected chi connectivity index (χ0v) is 15.9. The molecular weight excluding hydrogens is 340 g/mol. The van der Waals surface area contributed by atoms with Crippen molar-refractivity contribution in [2.45, 2.75) is 51.0 Å². The summed E-state index contributed by atoms with van der Waals surface area (Å²) < 4.78 is 11.6. The topological polar surface area (TPSA) is 50.8 Å². The number of carbonyl (C=O) groups is 1. The Balaban J connectivity index is 1.57. The molecule has 1 N–H and O–H groups in total. The van der Waals surface area contributed by atoms with Crippen molar-refractivity contribution in [3.63, 3.8) is 0 Å². The molecule has 6 heteroatoms. The van der Waals surface area contributed by atoms with Crippen LogP contribution in [0.3, 0.4) is 0 Å². The van der Waals surface area contributed by atoms with Crippen molar-refractivity contribution >= 4 is 17.5 Å². The third-order valence-electron chi connectivity index (χ3n) is 5.05. The average molecular weight is 367 g/mol. The highest BCUT2D eigenvalue weighted by Gasteiger charge is 2.40. The molecule has 5 nitrogen and oxygen atoms in total. The number of ether oxygens (including phenoxy) is 2. The van der Waals surface area contributed by atoms with E-state index in [1.54, 1.807) is 0 Å². The van der Waals surface area contributed by atoms with Crippen LogP contribution in [0.4, 0.5) is 0 Å². The number of nitrogens with one attached hydrogen (secondary N) is 1. The molecule has 2 fully saturated rings. The van der Waals surface area contributed by atoms with Gasteiger partial charge in [-0.2, -0.15) is 0 Å². The van der Waals surface area contributed by atoms with Crippen molar-refractivity contribution in [1.82, 2.24) is 10.2 Å². The normalized spacial score (nSPS) is 27.1. The van der Waals surface area contributed by atoms with E-state index in [4.69, 9.17) is 21.1 Å². The van der Waals surface area contributed by atoms with E-state index in [1.165, 1.54) is 0 Å². The lowest BCUT2D eigenvalue weighted by atomic mass is 10.1. The lowest BCUT2D eigenvalue weighted by Crippen LogP contribution is -2.49. The lowest BCUT2D eigenvalue weighted by Gasteiger charge is -2.35. The van der Waals surface area contributed by atoms with Crippen molar-refractivity contribution in [1.29, 1.82) is 0 Å². The molecule has 1 aromatic rings. The molecule has 0 aliphatic carbocycles. The summed E-state index contributed by atoms with van der Waals surface area (Å²) in [5, 5.41) is 3.88. The van der Waals surface area contributed by atoms with Crippen LogP contribution in [0, 0.1) is 0 Å². The molecule has 3 rings (SSSR count). The van der Waals surface area contributed by atoms with E-state index in [0.29, 0.717) is 19.3 Å². The molecule has 2 heterocycles. The maximum Gasteiger partial charge on any atom is 0.251 e. The number of carbonyl (C=O) groups excluding carboxylic acids is 1. The fraction of sp³-hybridized carbons (Fsp3) is 0.632. The number of hydrogen-bond donors (Lipinski definition) is 1. The summed E-state index contributed by atoms with van der Waals surface area (Å²) in [7, 11) is 0. The summed E-state index contributed by atoms with van der Waals surface area (Å²) in [6.45, 7) is 8.44. The van der Waals surface area contributed by atoms with Gasteiger partial charge < -0.3 is 14.8 Å². The number of fused-ring (bicyclic) bond motifs is 1. The van der Waals surface area contributed by atoms with E-state index in [-0.39, 0.29) is 18.1 Å². The zero-order valence-electron chi connectivity index (χ0n) is 15.1. The van der Waals surface area contributed by atoms with Gasteiger partial charge in [0.1, 0.15) is 5.60 Å². The summed E-state index contributed by atoms with van der Waals surface area (Å²) >= 11 is 5.96. The quantitative estimate of drug-likeness (QED) is 0.870. The van der Waals surface area contributed by atoms with Gasteiger partial charge in [-0.05, 0) is 44.9 Å². The third kappa shape index (κ3) is 4.34. The molecule has 1 aromatic carbocycles. The lowest BCUT2D eigenvalue weighted by molar-refractivity contribution is -0.142. The van der Waals surface area contributed by atoms with Gasteiger partial charge in [-0.15, -0.1) is 0 Å². The molecule has 2 saturated heterocycles. The second kappa shape index (κ2) is 7.62. The zero-order chi connectivity index (χ0) is 18.0. The van der Waals surface area contributed by atoms with Crippen molar-refractivity contribution < 1.29 is 14.3 Å². The first-order valence-electron chi connectivity index (χ1n) is 8.95. The maximum absolute atomic E-state index is 12.4. The number of morpholine rings is 1. The molecule has 1 amide bonds. The average Bonchev–Trinajstić information content (AvgIpc) is 2.96. The summed E-state index contributed by atoms with van der Waals surface area (Å²) in [6, 6.07) is 8.35. The molecular formula is C19H27ClN2O3. The number of benzene rings is 1. The van der Waals surface area contributed by atoms with E-state index in [1.807, 2.05) is 45.0 Å². The monoisotopic (exact) mass is 366 g/mol. The molecule has 0 aromatic heterocycles. The van der Waals surface area contributed by atoms with Crippen LogP contribution in [-0.4, -0.2) is 54.8 Å². The molecule has 3 atom stereocenters. The Morgan fingerprint density at radius 3 is 2.76 bits per heavy atom. The van der Waals surface area contributed by atoms with E-state index in [0.717, 1.165) is 30.1 Å². The Bertz CT molecular complexity index is 605. The van der Waals surface area contributed by atoms with Crippen LogP contribution < -0.4 is 5.32 Å². The van der Waals surface area contributed by atoms with Crippen LogP contribution in [-0.2, 0) is 14.3 Å². The van der Waals surface area contributed by atoms with Gasteiger partial charge in [-0.1, -0.05) is 23.7 Å². The number of amides is 1. The highest BCUT2D eigenvalue weighted by atomic mass is 35.5. The Hall–Kier alpha value is -1.14. The second-order valence-electron chi connectivity index (χ2n) is 7.33. The van der Waals surface area contributed by atoms with Crippen molar-refractivity contribution in [2.24, 2.45) is 0 Å². The summed E-state index contributed by atoms with van der Waals surface area (Å²) in [5.41, 5.74) is 0.355. The summed E-state index contributed by atoms with van der Waals surface area (Å²) in [5.74, 6) is -0.0469. The van der Waals surface area contributed by atoms with Crippen LogP contribution in [0.2, 0.25) is 5.02 Å². The standard InChI is InChI=1S/C19H27ClN2O3/c1-4-25-19(2,3)18(23)21-15-9-16-12-24-17(11-22(16)10-15)13-5-7-14(20)8-6-13/h5-8,15-17H,4,9-12H2,1-3H3,(H,21,23)/t15-,16-,17+/m0/s1. The van der Waals surface area contributed by atoms with Crippen LogP contribution >= 0.6 is 11.6 Å². The molecule has 0 unspecified atom stereocenters. The summed E-state index contributed by atoms with van der Waals surface area (Å²) in [6.07, 6.45) is 0.976. The SMILES string of the molecule is CCOC(C)(C)C(=O)N[C@H]1C[C@H]2CO[C@@H](c3ccc(Cl)cc3)CN2C1. The minimum Gasteiger partial charge on any atom is -0.371 e. The van der Waals surface area contributed by atoms with Gasteiger partial charge in [-0.3, -0.25) is 9.69 Å². The van der Waals surface area contributed by atoms with Crippen LogP contribution in [0.15, 0.2) is 24.3 Å². The second-order valence-corrected chi connectivity index (χ2v) is 7.77. The fourth-order valence-corrected chi connectivity index (χ4v) is 3.77. The minimum atomic E-state index is -0.791. The van der Waals surface area contributed by atoms with Gasteiger partial charge in [-0.25, -0.2) is 0 Å². The number of rotatable bonds is 5. The van der Waals surface area contributed by atoms with Gasteiger partial charge in [0.15, 0.2) is 0 Å². The van der Waals surface area contributed by atoms with Gasteiger partial charge in [0, 0.05) is 36.8 Å². The molecule has 0 bridgehead atoms. The third-order valence-corrected chi connectivity index (χ3v) is 5.30. The first-order valence-corrected chi connectivity index (χ1v) is 9.33. The number of nitrogens with zero attached hydrogens (tertiary/aromatic N) is 1. The van der Waals surface area contributed by atoms with Gasteiger partial charge in [0.25, 0.3) is 5.91 Å².